The summed E-state index contributed by atoms with van der Waals surface area (Å²) in [6.07, 6.45) is 4.63. The molecular formula is C33H36FN3O5. The molecule has 6 rings (SSSR count). The van der Waals surface area contributed by atoms with Crippen molar-refractivity contribution in [2.75, 3.05) is 38.5 Å². The summed E-state index contributed by atoms with van der Waals surface area (Å²) in [4.78, 5) is 22.8. The monoisotopic (exact) mass is 573 g/mol. The number of aromatic nitrogens is 2. The van der Waals surface area contributed by atoms with Crippen LogP contribution in [0.25, 0.3) is 32.8 Å². The molecule has 1 unspecified atom stereocenters. The zero-order valence-electron chi connectivity index (χ0n) is 24.3. The number of piperidine rings is 1. The number of fused-ring (bicyclic) bond motifs is 2. The summed E-state index contributed by atoms with van der Waals surface area (Å²) in [5, 5.41) is 13.2. The van der Waals surface area contributed by atoms with Gasteiger partial charge in [0.25, 0.3) is 0 Å². The number of carbonyl (C=O) groups is 1. The van der Waals surface area contributed by atoms with Gasteiger partial charge in [0.2, 0.25) is 0 Å². The van der Waals surface area contributed by atoms with Gasteiger partial charge < -0.3 is 29.0 Å². The van der Waals surface area contributed by atoms with Crippen molar-refractivity contribution < 1.29 is 28.5 Å². The van der Waals surface area contributed by atoms with Gasteiger partial charge >= 0.3 is 6.01 Å². The van der Waals surface area contributed by atoms with E-state index in [-0.39, 0.29) is 24.9 Å². The average Bonchev–Trinajstić information content (AvgIpc) is 3.78. The number of β-amino-alcohol motifs (C(OH)–C–C–N with tert-alkyl or cyclic N) is 1. The maximum Gasteiger partial charge on any atom is 0.319 e. The van der Waals surface area contributed by atoms with Crippen molar-refractivity contribution >= 4 is 33.8 Å². The zero-order chi connectivity index (χ0) is 29.5. The summed E-state index contributed by atoms with van der Waals surface area (Å²) in [6, 6.07) is 13.4. The second kappa shape index (κ2) is 11.1. The highest BCUT2D eigenvalue weighted by atomic mass is 19.1. The fraction of sp³-hybridized carbons (Fsp3) is 0.424. The minimum absolute atomic E-state index is 0.0168. The Morgan fingerprint density at radius 1 is 1.10 bits per heavy atom. The van der Waals surface area contributed by atoms with Gasteiger partial charge in [0.05, 0.1) is 11.0 Å². The van der Waals surface area contributed by atoms with E-state index in [1.165, 1.54) is 0 Å². The molecule has 0 bridgehead atoms. The Kier molecular flexibility index (Phi) is 7.49. The van der Waals surface area contributed by atoms with Crippen molar-refractivity contribution in [2.45, 2.75) is 51.6 Å². The Balaban J connectivity index is 1.53. The molecule has 1 aliphatic carbocycles. The van der Waals surface area contributed by atoms with Crippen LogP contribution in [0.1, 0.15) is 45.1 Å². The second-order valence-electron chi connectivity index (χ2n) is 11.8. The van der Waals surface area contributed by atoms with E-state index in [4.69, 9.17) is 14.2 Å². The van der Waals surface area contributed by atoms with Gasteiger partial charge in [0.1, 0.15) is 30.0 Å². The van der Waals surface area contributed by atoms with Gasteiger partial charge in [0, 0.05) is 31.1 Å². The van der Waals surface area contributed by atoms with E-state index in [1.54, 1.807) is 20.1 Å². The van der Waals surface area contributed by atoms with Crippen LogP contribution in [-0.4, -0.2) is 60.6 Å². The Morgan fingerprint density at radius 3 is 2.64 bits per heavy atom. The van der Waals surface area contributed by atoms with Crippen molar-refractivity contribution in [3.05, 3.63) is 53.8 Å². The number of rotatable bonds is 10. The number of benzene rings is 3. The van der Waals surface area contributed by atoms with E-state index >= 15 is 4.39 Å². The third-order valence-electron chi connectivity index (χ3n) is 8.42. The van der Waals surface area contributed by atoms with E-state index in [1.807, 2.05) is 35.2 Å². The van der Waals surface area contributed by atoms with Crippen molar-refractivity contribution in [3.63, 3.8) is 0 Å². The van der Waals surface area contributed by atoms with E-state index in [9.17, 15) is 9.90 Å². The lowest BCUT2D eigenvalue weighted by atomic mass is 9.92. The molecule has 1 aliphatic heterocycles. The highest BCUT2D eigenvalue weighted by molar-refractivity contribution is 6.03. The molecule has 1 aromatic heterocycles. The summed E-state index contributed by atoms with van der Waals surface area (Å²) >= 11 is 0. The van der Waals surface area contributed by atoms with Crippen LogP contribution in [0.4, 0.5) is 10.2 Å². The highest BCUT2D eigenvalue weighted by Gasteiger charge is 2.44. The normalized spacial score (nSPS) is 19.7. The van der Waals surface area contributed by atoms with Gasteiger partial charge in [-0.2, -0.15) is 9.97 Å². The number of anilines is 1. The average molecular weight is 574 g/mol. The van der Waals surface area contributed by atoms with Gasteiger partial charge in [-0.05, 0) is 79.1 Å². The van der Waals surface area contributed by atoms with Gasteiger partial charge in [-0.3, -0.25) is 0 Å². The Morgan fingerprint density at radius 2 is 1.93 bits per heavy atom. The molecule has 1 N–H and O–H groups in total. The number of hydrogen-bond donors (Lipinski definition) is 1. The van der Waals surface area contributed by atoms with E-state index < -0.39 is 16.8 Å². The molecule has 9 heteroatoms. The molecule has 42 heavy (non-hydrogen) atoms. The predicted octanol–water partition coefficient (Wildman–Crippen LogP) is 5.84. The fourth-order valence-electron chi connectivity index (χ4n) is 5.90. The second-order valence-corrected chi connectivity index (χ2v) is 11.8. The molecule has 4 aromatic rings. The summed E-state index contributed by atoms with van der Waals surface area (Å²) in [5.74, 6) is 0.573. The molecule has 0 amide bonds. The maximum atomic E-state index is 16.8. The number of halogens is 1. The van der Waals surface area contributed by atoms with Crippen molar-refractivity contribution in [1.29, 1.82) is 0 Å². The predicted molar refractivity (Wildman–Crippen MR) is 160 cm³/mol. The standard InChI is InChI=1S/C33H36FN3O5/c1-4-21-7-5-8-22-15-23(42-20-40-3)16-26(27(21)22)24-9-10-25-29(28(24)34)35-31(41-19-33(18-38)12-13-33)36-30(25)37-14-6-11-32(2,39)17-37/h5,7-10,15-16,18,39H,4,6,11-14,17,19-20H2,1-3H3. The first-order valence-electron chi connectivity index (χ1n) is 14.5. The number of aliphatic hydroxyl groups is 1. The van der Waals surface area contributed by atoms with E-state index in [0.29, 0.717) is 47.6 Å². The Bertz CT molecular complexity index is 1650. The lowest BCUT2D eigenvalue weighted by Gasteiger charge is -2.38. The maximum absolute atomic E-state index is 16.8. The number of ether oxygens (including phenoxy) is 3. The summed E-state index contributed by atoms with van der Waals surface area (Å²) in [5.41, 5.74) is 0.862. The fourth-order valence-corrected chi connectivity index (χ4v) is 5.90. The molecule has 1 saturated heterocycles. The minimum atomic E-state index is -0.900. The molecule has 3 aromatic carbocycles. The first kappa shape index (κ1) is 28.3. The van der Waals surface area contributed by atoms with Crippen molar-refractivity contribution in [1.82, 2.24) is 9.97 Å². The number of hydrogen-bond acceptors (Lipinski definition) is 8. The molecule has 220 valence electrons. The topological polar surface area (TPSA) is 94.0 Å². The molecule has 1 saturated carbocycles. The van der Waals surface area contributed by atoms with Crippen LogP contribution >= 0.6 is 0 Å². The molecule has 0 spiro atoms. The summed E-state index contributed by atoms with van der Waals surface area (Å²) in [7, 11) is 1.55. The number of nitrogens with zero attached hydrogens (tertiary/aromatic N) is 3. The molecule has 2 aliphatic rings. The van der Waals surface area contributed by atoms with Crippen LogP contribution < -0.4 is 14.4 Å². The van der Waals surface area contributed by atoms with Crippen molar-refractivity contribution in [3.8, 4) is 22.9 Å². The summed E-state index contributed by atoms with van der Waals surface area (Å²) < 4.78 is 33.7. The summed E-state index contributed by atoms with van der Waals surface area (Å²) in [6.45, 7) is 5.10. The lowest BCUT2D eigenvalue weighted by Crippen LogP contribution is -2.46. The molecule has 2 heterocycles. The van der Waals surface area contributed by atoms with Crippen LogP contribution in [0.2, 0.25) is 0 Å². The Hall–Kier alpha value is -3.82. The van der Waals surface area contributed by atoms with Gasteiger partial charge in [0.15, 0.2) is 12.6 Å². The first-order valence-corrected chi connectivity index (χ1v) is 14.5. The largest absolute Gasteiger partial charge is 0.468 e. The molecule has 1 atom stereocenters. The molecule has 0 radical (unpaired) electrons. The zero-order valence-corrected chi connectivity index (χ0v) is 24.3. The van der Waals surface area contributed by atoms with Crippen LogP contribution in [0, 0.1) is 11.2 Å². The highest BCUT2D eigenvalue weighted by Crippen LogP contribution is 2.44. The first-order chi connectivity index (χ1) is 20.3. The molecule has 8 nitrogen and oxygen atoms in total. The van der Waals surface area contributed by atoms with Crippen LogP contribution in [0.5, 0.6) is 11.8 Å². The minimum Gasteiger partial charge on any atom is -0.468 e. The Labute approximate surface area is 244 Å². The van der Waals surface area contributed by atoms with Crippen LogP contribution in [0.3, 0.4) is 0 Å². The third-order valence-corrected chi connectivity index (χ3v) is 8.42. The van der Waals surface area contributed by atoms with Crippen LogP contribution in [0.15, 0.2) is 42.5 Å². The number of methoxy groups -OCH3 is 1. The smallest absolute Gasteiger partial charge is 0.319 e. The number of aryl methyl sites for hydroxylation is 1. The third kappa shape index (κ3) is 5.39. The van der Waals surface area contributed by atoms with E-state index in [0.717, 1.165) is 48.3 Å². The van der Waals surface area contributed by atoms with Crippen molar-refractivity contribution in [2.24, 2.45) is 5.41 Å². The molecule has 2 fully saturated rings. The number of carbonyl (C=O) groups excluding carboxylic acids is 1. The van der Waals surface area contributed by atoms with Gasteiger partial charge in [-0.25, -0.2) is 4.39 Å². The van der Waals surface area contributed by atoms with E-state index in [2.05, 4.69) is 23.0 Å². The SMILES string of the molecule is CCc1cccc2cc(OCOC)cc(-c3ccc4c(N5CCCC(C)(O)C5)nc(OCC5(C=O)CC5)nc4c3F)c12. The number of aldehydes is 1. The van der Waals surface area contributed by atoms with Crippen LogP contribution in [-0.2, 0) is 16.0 Å². The molecular weight excluding hydrogens is 537 g/mol. The quantitative estimate of drug-likeness (QED) is 0.187. The van der Waals surface area contributed by atoms with Gasteiger partial charge in [-0.1, -0.05) is 31.2 Å². The van der Waals surface area contributed by atoms with Gasteiger partial charge in [-0.15, -0.1) is 0 Å². The lowest BCUT2D eigenvalue weighted by molar-refractivity contribution is -0.113.